The van der Waals surface area contributed by atoms with E-state index in [-0.39, 0.29) is 11.9 Å². The van der Waals surface area contributed by atoms with E-state index in [0.29, 0.717) is 11.6 Å². The summed E-state index contributed by atoms with van der Waals surface area (Å²) in [5, 5.41) is 3.00. The van der Waals surface area contributed by atoms with Gasteiger partial charge < -0.3 is 10.1 Å². The molecule has 158 valence electrons. The smallest absolute Gasteiger partial charge is 0.337 e. The lowest BCUT2D eigenvalue weighted by Crippen LogP contribution is -2.33. The fraction of sp³-hybridized carbons (Fsp3) is 0.360. The number of esters is 1. The van der Waals surface area contributed by atoms with E-state index in [4.69, 9.17) is 4.74 Å². The molecule has 0 radical (unpaired) electrons. The van der Waals surface area contributed by atoms with Crippen LogP contribution in [0.3, 0.4) is 0 Å². The highest BCUT2D eigenvalue weighted by molar-refractivity contribution is 6.02. The zero-order chi connectivity index (χ0) is 21.3. The predicted molar refractivity (Wildman–Crippen MR) is 120 cm³/mol. The SMILES string of the molecule is COC(=O)c1ccc(/C=C/C(=O)Nc2ccccc2CN(C)C2CCCCC2)cc1. The maximum atomic E-state index is 12.5. The number of methoxy groups -OCH3 is 1. The molecule has 1 N–H and O–H groups in total. The first-order chi connectivity index (χ1) is 14.6. The van der Waals surface area contributed by atoms with Gasteiger partial charge in [0.05, 0.1) is 12.7 Å². The van der Waals surface area contributed by atoms with Crippen LogP contribution in [-0.2, 0) is 16.1 Å². The van der Waals surface area contributed by atoms with E-state index < -0.39 is 0 Å². The molecule has 5 nitrogen and oxygen atoms in total. The minimum Gasteiger partial charge on any atom is -0.465 e. The van der Waals surface area contributed by atoms with Crippen LogP contribution in [-0.4, -0.2) is 37.0 Å². The molecule has 0 saturated heterocycles. The van der Waals surface area contributed by atoms with Crippen molar-refractivity contribution in [1.82, 2.24) is 4.90 Å². The number of carbonyl (C=O) groups excluding carboxylic acids is 2. The first kappa shape index (κ1) is 21.8. The second-order valence-electron chi connectivity index (χ2n) is 7.80. The Labute approximate surface area is 178 Å². The Morgan fingerprint density at radius 1 is 1.07 bits per heavy atom. The van der Waals surface area contributed by atoms with E-state index in [2.05, 4.69) is 23.3 Å². The van der Waals surface area contributed by atoms with Gasteiger partial charge in [0.1, 0.15) is 0 Å². The van der Waals surface area contributed by atoms with E-state index in [1.54, 1.807) is 30.3 Å². The van der Waals surface area contributed by atoms with Crippen molar-refractivity contribution in [2.24, 2.45) is 0 Å². The highest BCUT2D eigenvalue weighted by Crippen LogP contribution is 2.25. The Balaban J connectivity index is 1.61. The number of benzene rings is 2. The molecule has 1 fully saturated rings. The molecule has 2 aromatic carbocycles. The van der Waals surface area contributed by atoms with Gasteiger partial charge in [-0.05, 0) is 55.3 Å². The molecule has 1 aliphatic carbocycles. The van der Waals surface area contributed by atoms with Crippen LogP contribution in [0.5, 0.6) is 0 Å². The van der Waals surface area contributed by atoms with Crippen LogP contribution >= 0.6 is 0 Å². The van der Waals surface area contributed by atoms with Crippen LogP contribution in [0.15, 0.2) is 54.6 Å². The van der Waals surface area contributed by atoms with Crippen LogP contribution < -0.4 is 5.32 Å². The van der Waals surface area contributed by atoms with E-state index in [9.17, 15) is 9.59 Å². The number of anilines is 1. The molecule has 0 aliphatic heterocycles. The van der Waals surface area contributed by atoms with Crippen molar-refractivity contribution in [1.29, 1.82) is 0 Å². The fourth-order valence-corrected chi connectivity index (χ4v) is 3.89. The molecule has 2 aromatic rings. The highest BCUT2D eigenvalue weighted by atomic mass is 16.5. The van der Waals surface area contributed by atoms with Crippen LogP contribution in [0.25, 0.3) is 6.08 Å². The average molecular weight is 407 g/mol. The summed E-state index contributed by atoms with van der Waals surface area (Å²) in [7, 11) is 3.53. The Bertz CT molecular complexity index is 884. The van der Waals surface area contributed by atoms with Crippen LogP contribution in [0.2, 0.25) is 0 Å². The summed E-state index contributed by atoms with van der Waals surface area (Å²) in [5.41, 5.74) is 3.28. The number of nitrogens with zero attached hydrogens (tertiary/aromatic N) is 1. The molecule has 5 heteroatoms. The molecule has 0 heterocycles. The van der Waals surface area contributed by atoms with E-state index >= 15 is 0 Å². The molecular formula is C25H30N2O3. The molecule has 0 aromatic heterocycles. The molecule has 1 aliphatic rings. The lowest BCUT2D eigenvalue weighted by Gasteiger charge is -2.31. The summed E-state index contributed by atoms with van der Waals surface area (Å²) < 4.78 is 4.69. The minimum atomic E-state index is -0.377. The standard InChI is InChI=1S/C25H30N2O3/c1-27(22-9-4-3-5-10-22)18-21-8-6-7-11-23(21)26-24(28)17-14-19-12-15-20(16-13-19)25(29)30-2/h6-8,11-17,22H,3-5,9-10,18H2,1-2H3,(H,26,28)/b17-14+. The minimum absolute atomic E-state index is 0.181. The van der Waals surface area contributed by atoms with Gasteiger partial charge in [-0.15, -0.1) is 0 Å². The third-order valence-corrected chi connectivity index (χ3v) is 5.65. The Hall–Kier alpha value is -2.92. The summed E-state index contributed by atoms with van der Waals surface area (Å²) in [4.78, 5) is 26.4. The first-order valence-electron chi connectivity index (χ1n) is 10.5. The average Bonchev–Trinajstić information content (AvgIpc) is 2.79. The van der Waals surface area contributed by atoms with Crippen molar-refractivity contribution in [2.75, 3.05) is 19.5 Å². The van der Waals surface area contributed by atoms with Crippen molar-refractivity contribution in [3.05, 3.63) is 71.3 Å². The number of hydrogen-bond donors (Lipinski definition) is 1. The van der Waals surface area contributed by atoms with E-state index in [1.165, 1.54) is 45.3 Å². The summed E-state index contributed by atoms with van der Waals surface area (Å²) in [6.07, 6.45) is 9.69. The quantitative estimate of drug-likeness (QED) is 0.525. The number of para-hydroxylation sites is 1. The molecule has 0 bridgehead atoms. The van der Waals surface area contributed by atoms with Gasteiger partial charge in [0.15, 0.2) is 0 Å². The zero-order valence-corrected chi connectivity index (χ0v) is 17.8. The van der Waals surface area contributed by atoms with Crippen molar-refractivity contribution in [2.45, 2.75) is 44.7 Å². The number of rotatable bonds is 7. The number of carbonyl (C=O) groups is 2. The van der Waals surface area contributed by atoms with Crippen molar-refractivity contribution < 1.29 is 14.3 Å². The molecule has 30 heavy (non-hydrogen) atoms. The molecule has 1 amide bonds. The number of hydrogen-bond acceptors (Lipinski definition) is 4. The molecule has 0 atom stereocenters. The normalized spacial score (nSPS) is 14.8. The fourth-order valence-electron chi connectivity index (χ4n) is 3.89. The van der Waals surface area contributed by atoms with Crippen molar-refractivity contribution >= 4 is 23.6 Å². The van der Waals surface area contributed by atoms with Gasteiger partial charge in [0.2, 0.25) is 5.91 Å². The van der Waals surface area contributed by atoms with Gasteiger partial charge in [-0.25, -0.2) is 4.79 Å². The number of ether oxygens (including phenoxy) is 1. The Morgan fingerprint density at radius 2 is 1.77 bits per heavy atom. The molecule has 1 saturated carbocycles. The lowest BCUT2D eigenvalue weighted by atomic mass is 9.94. The predicted octanol–water partition coefficient (Wildman–Crippen LogP) is 4.89. The topological polar surface area (TPSA) is 58.6 Å². The van der Waals surface area contributed by atoms with Crippen LogP contribution in [0.1, 0.15) is 53.6 Å². The van der Waals surface area contributed by atoms with Gasteiger partial charge in [-0.3, -0.25) is 9.69 Å². The Kier molecular flexibility index (Phi) is 7.80. The van der Waals surface area contributed by atoms with Crippen molar-refractivity contribution in [3.8, 4) is 0 Å². The summed E-state index contributed by atoms with van der Waals surface area (Å²) >= 11 is 0. The van der Waals surface area contributed by atoms with Crippen LogP contribution in [0.4, 0.5) is 5.69 Å². The van der Waals surface area contributed by atoms with Gasteiger partial charge in [-0.2, -0.15) is 0 Å². The number of nitrogens with one attached hydrogen (secondary N) is 1. The van der Waals surface area contributed by atoms with Gasteiger partial charge in [0.25, 0.3) is 0 Å². The Morgan fingerprint density at radius 3 is 2.47 bits per heavy atom. The van der Waals surface area contributed by atoms with Crippen molar-refractivity contribution in [3.63, 3.8) is 0 Å². The maximum absolute atomic E-state index is 12.5. The van der Waals surface area contributed by atoms with Gasteiger partial charge >= 0.3 is 5.97 Å². The zero-order valence-electron chi connectivity index (χ0n) is 17.8. The van der Waals surface area contributed by atoms with E-state index in [0.717, 1.165) is 23.4 Å². The first-order valence-corrected chi connectivity index (χ1v) is 10.5. The number of amides is 1. The third kappa shape index (κ3) is 6.04. The van der Waals surface area contributed by atoms with Gasteiger partial charge in [0, 0.05) is 24.4 Å². The summed E-state index contributed by atoms with van der Waals surface area (Å²) in [5.74, 6) is -0.558. The third-order valence-electron chi connectivity index (χ3n) is 5.65. The highest BCUT2D eigenvalue weighted by Gasteiger charge is 2.19. The maximum Gasteiger partial charge on any atom is 0.337 e. The second-order valence-corrected chi connectivity index (χ2v) is 7.80. The molecule has 0 unspecified atom stereocenters. The van der Waals surface area contributed by atoms with Gasteiger partial charge in [-0.1, -0.05) is 49.6 Å². The van der Waals surface area contributed by atoms with Crippen LogP contribution in [0, 0.1) is 0 Å². The largest absolute Gasteiger partial charge is 0.465 e. The summed E-state index contributed by atoms with van der Waals surface area (Å²) in [6.45, 7) is 0.819. The van der Waals surface area contributed by atoms with E-state index in [1.807, 2.05) is 18.2 Å². The molecule has 3 rings (SSSR count). The monoisotopic (exact) mass is 406 g/mol. The second kappa shape index (κ2) is 10.7. The summed E-state index contributed by atoms with van der Waals surface area (Å²) in [6, 6.07) is 15.5. The molecule has 0 spiro atoms. The lowest BCUT2D eigenvalue weighted by molar-refractivity contribution is -0.111. The molecular weight excluding hydrogens is 376 g/mol.